The van der Waals surface area contributed by atoms with Crippen LogP contribution in [0.4, 0.5) is 0 Å². The van der Waals surface area contributed by atoms with E-state index < -0.39 is 0 Å². The van der Waals surface area contributed by atoms with E-state index in [0.29, 0.717) is 12.3 Å². The first kappa shape index (κ1) is 21.2. The minimum atomic E-state index is -0.264. The van der Waals surface area contributed by atoms with E-state index in [1.54, 1.807) is 37.7 Å². The number of aromatic nitrogens is 4. The average Bonchev–Trinajstić information content (AvgIpc) is 3.07. The third-order valence-corrected chi connectivity index (χ3v) is 6.54. The maximum atomic E-state index is 12.3. The summed E-state index contributed by atoms with van der Waals surface area (Å²) in [5.41, 5.74) is 3.77. The van der Waals surface area contributed by atoms with Gasteiger partial charge in [0.25, 0.3) is 0 Å². The zero-order valence-electron chi connectivity index (χ0n) is 16.8. The van der Waals surface area contributed by atoms with Gasteiger partial charge in [-0.1, -0.05) is 36.0 Å². The standard InChI is InChI=1S/C20H23N5O2S2/c1-14-6-5-7-18(25-20(26)24(2)22-23-25)17(14)13-29-19(28-4)21-12-15-8-10-16(27-3)11-9-15/h5-11H,12-13H2,1-4H3/b21-19+. The summed E-state index contributed by atoms with van der Waals surface area (Å²) in [6.07, 6.45) is 2.02. The Balaban J connectivity index is 1.77. The number of thioether (sulfide) groups is 2. The molecule has 3 aromatic rings. The number of ether oxygens (including phenoxy) is 1. The Bertz CT molecular complexity index is 1060. The Morgan fingerprint density at radius 1 is 1.17 bits per heavy atom. The minimum Gasteiger partial charge on any atom is -0.497 e. The summed E-state index contributed by atoms with van der Waals surface area (Å²) >= 11 is 3.27. The van der Waals surface area contributed by atoms with E-state index in [9.17, 15) is 4.79 Å². The Kier molecular flexibility index (Phi) is 7.16. The van der Waals surface area contributed by atoms with Crippen molar-refractivity contribution in [3.8, 4) is 11.4 Å². The lowest BCUT2D eigenvalue weighted by molar-refractivity contribution is 0.414. The molecule has 0 atom stereocenters. The highest BCUT2D eigenvalue weighted by Crippen LogP contribution is 2.26. The third kappa shape index (κ3) is 5.10. The highest BCUT2D eigenvalue weighted by molar-refractivity contribution is 8.38. The quantitative estimate of drug-likeness (QED) is 0.441. The molecular weight excluding hydrogens is 406 g/mol. The molecular formula is C20H23N5O2S2. The fraction of sp³-hybridized carbons (Fsp3) is 0.300. The number of tetrazole rings is 1. The molecule has 0 fully saturated rings. The van der Waals surface area contributed by atoms with Gasteiger partial charge in [-0.25, -0.2) is 4.79 Å². The van der Waals surface area contributed by atoms with Gasteiger partial charge in [0.05, 0.1) is 19.3 Å². The fourth-order valence-corrected chi connectivity index (χ4v) is 4.37. The normalized spacial score (nSPS) is 11.7. The molecule has 0 aliphatic rings. The van der Waals surface area contributed by atoms with Crippen LogP contribution in [0, 0.1) is 6.92 Å². The molecule has 9 heteroatoms. The van der Waals surface area contributed by atoms with Crippen molar-refractivity contribution in [2.45, 2.75) is 19.2 Å². The number of methoxy groups -OCH3 is 1. The zero-order valence-corrected chi connectivity index (χ0v) is 18.5. The molecule has 1 heterocycles. The first-order valence-electron chi connectivity index (χ1n) is 8.95. The van der Waals surface area contributed by atoms with Crippen LogP contribution in [0.3, 0.4) is 0 Å². The van der Waals surface area contributed by atoms with Crippen molar-refractivity contribution in [2.24, 2.45) is 12.0 Å². The number of hydrogen-bond acceptors (Lipinski definition) is 7. The van der Waals surface area contributed by atoms with E-state index in [4.69, 9.17) is 9.73 Å². The van der Waals surface area contributed by atoms with Gasteiger partial charge < -0.3 is 4.74 Å². The molecule has 0 spiro atoms. The van der Waals surface area contributed by atoms with E-state index >= 15 is 0 Å². The molecule has 0 saturated heterocycles. The number of rotatable bonds is 6. The van der Waals surface area contributed by atoms with Crippen molar-refractivity contribution in [2.75, 3.05) is 13.4 Å². The van der Waals surface area contributed by atoms with Gasteiger partial charge in [0.1, 0.15) is 10.1 Å². The van der Waals surface area contributed by atoms with Crippen molar-refractivity contribution < 1.29 is 4.74 Å². The average molecular weight is 430 g/mol. The van der Waals surface area contributed by atoms with Gasteiger partial charge in [0, 0.05) is 12.8 Å². The largest absolute Gasteiger partial charge is 0.497 e. The summed E-state index contributed by atoms with van der Waals surface area (Å²) in [7, 11) is 3.25. The van der Waals surface area contributed by atoms with Crippen LogP contribution in [0.15, 0.2) is 52.3 Å². The van der Waals surface area contributed by atoms with Gasteiger partial charge in [0.2, 0.25) is 0 Å². The van der Waals surface area contributed by atoms with E-state index in [2.05, 4.69) is 10.4 Å². The molecule has 2 aromatic carbocycles. The maximum Gasteiger partial charge on any atom is 0.368 e. The van der Waals surface area contributed by atoms with E-state index in [1.807, 2.05) is 55.6 Å². The molecule has 0 unspecified atom stereocenters. The fourth-order valence-electron chi connectivity index (χ4n) is 2.73. The summed E-state index contributed by atoms with van der Waals surface area (Å²) in [6, 6.07) is 13.8. The summed E-state index contributed by atoms with van der Waals surface area (Å²) in [4.78, 5) is 17.0. The number of nitrogens with zero attached hydrogens (tertiary/aromatic N) is 5. The summed E-state index contributed by atoms with van der Waals surface area (Å²) in [5, 5.41) is 7.81. The first-order chi connectivity index (χ1) is 14.0. The second-order valence-corrected chi connectivity index (χ2v) is 8.31. The SMILES string of the molecule is COc1ccc(C/N=C(\SC)SCc2c(C)cccc2-n2nnn(C)c2=O)cc1. The van der Waals surface area contributed by atoms with Gasteiger partial charge >= 0.3 is 5.69 Å². The van der Waals surface area contributed by atoms with Crippen molar-refractivity contribution in [1.29, 1.82) is 0 Å². The van der Waals surface area contributed by atoms with Crippen molar-refractivity contribution in [3.05, 3.63) is 69.6 Å². The lowest BCUT2D eigenvalue weighted by Gasteiger charge is -2.11. The second kappa shape index (κ2) is 9.80. The van der Waals surface area contributed by atoms with Crippen LogP contribution in [-0.2, 0) is 19.3 Å². The lowest BCUT2D eigenvalue weighted by atomic mass is 10.1. The van der Waals surface area contributed by atoms with E-state index in [1.165, 1.54) is 9.36 Å². The maximum absolute atomic E-state index is 12.3. The van der Waals surface area contributed by atoms with Crippen molar-refractivity contribution in [1.82, 2.24) is 19.8 Å². The van der Waals surface area contributed by atoms with Crippen LogP contribution in [0.5, 0.6) is 5.75 Å². The molecule has 0 bridgehead atoms. The van der Waals surface area contributed by atoms with Crippen LogP contribution in [-0.4, -0.2) is 37.5 Å². The van der Waals surface area contributed by atoms with Crippen LogP contribution in [0.25, 0.3) is 5.69 Å². The molecule has 7 nitrogen and oxygen atoms in total. The number of aryl methyl sites for hydroxylation is 2. The molecule has 0 N–H and O–H groups in total. The third-order valence-electron chi connectivity index (χ3n) is 4.40. The smallest absolute Gasteiger partial charge is 0.368 e. The molecule has 0 aliphatic heterocycles. The Hall–Kier alpha value is -2.52. The molecule has 0 saturated carbocycles. The molecule has 0 amide bonds. The molecule has 3 rings (SSSR count). The zero-order chi connectivity index (χ0) is 20.8. The van der Waals surface area contributed by atoms with E-state index in [-0.39, 0.29) is 5.69 Å². The second-order valence-electron chi connectivity index (χ2n) is 6.29. The Labute approximate surface area is 178 Å². The van der Waals surface area contributed by atoms with Crippen LogP contribution >= 0.6 is 23.5 Å². The Morgan fingerprint density at radius 3 is 2.55 bits per heavy atom. The topological polar surface area (TPSA) is 74.3 Å². The summed E-state index contributed by atoms with van der Waals surface area (Å²) < 4.78 is 8.75. The lowest BCUT2D eigenvalue weighted by Crippen LogP contribution is -2.23. The predicted molar refractivity (Wildman–Crippen MR) is 120 cm³/mol. The van der Waals surface area contributed by atoms with Gasteiger partial charge in [-0.2, -0.15) is 9.36 Å². The highest BCUT2D eigenvalue weighted by Gasteiger charge is 2.14. The summed E-state index contributed by atoms with van der Waals surface area (Å²) in [6.45, 7) is 2.64. The van der Waals surface area contributed by atoms with Gasteiger partial charge in [-0.3, -0.25) is 4.99 Å². The van der Waals surface area contributed by atoms with Crippen LogP contribution in [0.1, 0.15) is 16.7 Å². The van der Waals surface area contributed by atoms with Gasteiger partial charge in [-0.15, -0.1) is 11.8 Å². The molecule has 152 valence electrons. The molecule has 1 aromatic heterocycles. The predicted octanol–water partition coefficient (Wildman–Crippen LogP) is 3.44. The molecule has 0 aliphatic carbocycles. The van der Waals surface area contributed by atoms with Crippen molar-refractivity contribution >= 4 is 27.9 Å². The van der Waals surface area contributed by atoms with Crippen LogP contribution in [0.2, 0.25) is 0 Å². The highest BCUT2D eigenvalue weighted by atomic mass is 32.2. The molecule has 0 radical (unpaired) electrons. The number of benzene rings is 2. The summed E-state index contributed by atoms with van der Waals surface area (Å²) in [5.74, 6) is 1.52. The van der Waals surface area contributed by atoms with Crippen LogP contribution < -0.4 is 10.4 Å². The van der Waals surface area contributed by atoms with Crippen molar-refractivity contribution in [3.63, 3.8) is 0 Å². The van der Waals surface area contributed by atoms with E-state index in [0.717, 1.165) is 32.5 Å². The Morgan fingerprint density at radius 2 is 1.93 bits per heavy atom. The number of hydrogen-bond donors (Lipinski definition) is 0. The van der Waals surface area contributed by atoms with Gasteiger partial charge in [0.15, 0.2) is 0 Å². The molecule has 29 heavy (non-hydrogen) atoms. The monoisotopic (exact) mass is 429 g/mol. The van der Waals surface area contributed by atoms with Gasteiger partial charge in [-0.05, 0) is 58.5 Å². The number of aliphatic imine (C=N–C) groups is 1. The minimum absolute atomic E-state index is 0.264. The first-order valence-corrected chi connectivity index (χ1v) is 11.2.